The fourth-order valence-corrected chi connectivity index (χ4v) is 2.44. The maximum absolute atomic E-state index is 11.1. The molecule has 5 heteroatoms. The molecule has 1 aliphatic rings. The van der Waals surface area contributed by atoms with Gasteiger partial charge in [-0.05, 0) is 18.1 Å². The molecule has 0 bridgehead atoms. The lowest BCUT2D eigenvalue weighted by Gasteiger charge is -2.11. The van der Waals surface area contributed by atoms with Crippen LogP contribution in [0, 0.1) is 11.8 Å². The van der Waals surface area contributed by atoms with Crippen LogP contribution < -0.4 is 4.90 Å². The number of nitrogens with zero attached hydrogens (tertiary/aromatic N) is 2. The first-order chi connectivity index (χ1) is 8.65. The summed E-state index contributed by atoms with van der Waals surface area (Å²) in [4.78, 5) is 17.4. The molecule has 2 aromatic rings. The third kappa shape index (κ3) is 1.72. The van der Waals surface area contributed by atoms with Gasteiger partial charge in [-0.3, -0.25) is 4.79 Å². The van der Waals surface area contributed by atoms with Crippen LogP contribution in [0.5, 0.6) is 0 Å². The van der Waals surface area contributed by atoms with Crippen LogP contribution in [0.1, 0.15) is 6.92 Å². The fraction of sp³-hybridized carbons (Fsp3) is 0.385. The highest BCUT2D eigenvalue weighted by molar-refractivity contribution is 5.75. The third-order valence-electron chi connectivity index (χ3n) is 3.48. The summed E-state index contributed by atoms with van der Waals surface area (Å²) >= 11 is 0. The number of carboxylic acid groups (broad SMARTS) is 1. The zero-order valence-electron chi connectivity index (χ0n) is 10.0. The van der Waals surface area contributed by atoms with E-state index < -0.39 is 5.97 Å². The average molecular weight is 246 g/mol. The van der Waals surface area contributed by atoms with Crippen molar-refractivity contribution in [1.29, 1.82) is 0 Å². The third-order valence-corrected chi connectivity index (χ3v) is 3.48. The SMILES string of the molecule is C[C@@H]1CN(c2nc3ccccc3o2)C[C@H]1C(=O)O. The summed E-state index contributed by atoms with van der Waals surface area (Å²) in [6, 6.07) is 8.06. The van der Waals surface area contributed by atoms with Crippen LogP contribution >= 0.6 is 0 Å². The van der Waals surface area contributed by atoms with Crippen molar-refractivity contribution in [2.24, 2.45) is 11.8 Å². The molecule has 1 aromatic carbocycles. The van der Waals surface area contributed by atoms with Crippen molar-refractivity contribution < 1.29 is 14.3 Å². The van der Waals surface area contributed by atoms with Gasteiger partial charge in [0, 0.05) is 13.1 Å². The van der Waals surface area contributed by atoms with Crippen LogP contribution in [0.25, 0.3) is 11.1 Å². The Morgan fingerprint density at radius 2 is 2.22 bits per heavy atom. The molecule has 0 amide bonds. The van der Waals surface area contributed by atoms with E-state index in [4.69, 9.17) is 9.52 Å². The Kier molecular flexibility index (Phi) is 2.47. The van der Waals surface area contributed by atoms with Crippen LogP contribution in [0.2, 0.25) is 0 Å². The zero-order valence-corrected chi connectivity index (χ0v) is 10.0. The van der Waals surface area contributed by atoms with Gasteiger partial charge < -0.3 is 14.4 Å². The largest absolute Gasteiger partial charge is 0.481 e. The summed E-state index contributed by atoms with van der Waals surface area (Å²) in [5.41, 5.74) is 1.54. The molecule has 0 unspecified atom stereocenters. The highest BCUT2D eigenvalue weighted by Crippen LogP contribution is 2.29. The number of rotatable bonds is 2. The minimum absolute atomic E-state index is 0.109. The molecule has 1 aromatic heterocycles. The van der Waals surface area contributed by atoms with Gasteiger partial charge in [-0.1, -0.05) is 19.1 Å². The summed E-state index contributed by atoms with van der Waals surface area (Å²) in [5, 5.41) is 9.11. The number of anilines is 1. The number of fused-ring (bicyclic) bond motifs is 1. The molecule has 2 atom stereocenters. The number of oxazole rings is 1. The molecule has 1 N–H and O–H groups in total. The van der Waals surface area contributed by atoms with Gasteiger partial charge in [-0.25, -0.2) is 0 Å². The van der Waals surface area contributed by atoms with Crippen molar-refractivity contribution in [3.8, 4) is 0 Å². The first-order valence-corrected chi connectivity index (χ1v) is 5.98. The van der Waals surface area contributed by atoms with Gasteiger partial charge in [-0.15, -0.1) is 0 Å². The van der Waals surface area contributed by atoms with Gasteiger partial charge in [0.1, 0.15) is 5.52 Å². The maximum atomic E-state index is 11.1. The van der Waals surface area contributed by atoms with Gasteiger partial charge in [0.25, 0.3) is 6.01 Å². The fourth-order valence-electron chi connectivity index (χ4n) is 2.44. The van der Waals surface area contributed by atoms with E-state index in [2.05, 4.69) is 4.98 Å². The van der Waals surface area contributed by atoms with Crippen molar-refractivity contribution in [1.82, 2.24) is 4.98 Å². The van der Waals surface area contributed by atoms with Gasteiger partial charge >= 0.3 is 5.97 Å². The molecule has 5 nitrogen and oxygen atoms in total. The van der Waals surface area contributed by atoms with Gasteiger partial charge in [0.05, 0.1) is 5.92 Å². The molecule has 94 valence electrons. The molecular formula is C13H14N2O3. The summed E-state index contributed by atoms with van der Waals surface area (Å²) in [6.45, 7) is 3.08. The number of carbonyl (C=O) groups is 1. The maximum Gasteiger partial charge on any atom is 0.308 e. The first-order valence-electron chi connectivity index (χ1n) is 5.98. The Labute approximate surface area is 104 Å². The quantitative estimate of drug-likeness (QED) is 0.877. The second kappa shape index (κ2) is 4.01. The summed E-state index contributed by atoms with van der Waals surface area (Å²) in [5.74, 6) is -0.987. The van der Waals surface area contributed by atoms with Crippen LogP contribution in [-0.4, -0.2) is 29.1 Å². The number of hydrogen-bond donors (Lipinski definition) is 1. The number of hydrogen-bond acceptors (Lipinski definition) is 4. The number of benzene rings is 1. The second-order valence-corrected chi connectivity index (χ2v) is 4.79. The normalized spacial score (nSPS) is 23.7. The molecule has 0 aliphatic carbocycles. The first kappa shape index (κ1) is 11.1. The lowest BCUT2D eigenvalue weighted by molar-refractivity contribution is -0.142. The minimum atomic E-state index is -0.749. The number of carboxylic acids is 1. The Morgan fingerprint density at radius 3 is 2.89 bits per heavy atom. The van der Waals surface area contributed by atoms with Crippen molar-refractivity contribution in [2.45, 2.75) is 6.92 Å². The summed E-state index contributed by atoms with van der Waals surface area (Å²) in [6.07, 6.45) is 0. The molecule has 0 saturated carbocycles. The molecule has 3 rings (SSSR count). The van der Waals surface area contributed by atoms with Crippen molar-refractivity contribution in [3.63, 3.8) is 0 Å². The Bertz CT molecular complexity index is 560. The van der Waals surface area contributed by atoms with Crippen LogP contribution in [0.4, 0.5) is 6.01 Å². The molecule has 0 radical (unpaired) electrons. The van der Waals surface area contributed by atoms with E-state index in [1.165, 1.54) is 0 Å². The topological polar surface area (TPSA) is 66.6 Å². The van der Waals surface area contributed by atoms with Gasteiger partial charge in [-0.2, -0.15) is 4.98 Å². The average Bonchev–Trinajstić information content (AvgIpc) is 2.91. The highest BCUT2D eigenvalue weighted by Gasteiger charge is 2.36. The molecule has 0 spiro atoms. The monoisotopic (exact) mass is 246 g/mol. The molecule has 1 saturated heterocycles. The smallest absolute Gasteiger partial charge is 0.308 e. The van der Waals surface area contributed by atoms with E-state index in [9.17, 15) is 4.79 Å². The van der Waals surface area contributed by atoms with E-state index in [1.807, 2.05) is 36.1 Å². The number of para-hydroxylation sites is 2. The number of aliphatic carboxylic acids is 1. The Morgan fingerprint density at radius 1 is 1.44 bits per heavy atom. The standard InChI is InChI=1S/C13H14N2O3/c1-8-6-15(7-9(8)12(16)17)13-14-10-4-2-3-5-11(10)18-13/h2-5,8-9H,6-7H2,1H3,(H,16,17)/t8-,9-/m1/s1. The second-order valence-electron chi connectivity index (χ2n) is 4.79. The Balaban J connectivity index is 1.90. The lowest BCUT2D eigenvalue weighted by atomic mass is 9.99. The van der Waals surface area contributed by atoms with Crippen LogP contribution in [0.15, 0.2) is 28.7 Å². The van der Waals surface area contributed by atoms with E-state index >= 15 is 0 Å². The van der Waals surface area contributed by atoms with Crippen molar-refractivity contribution in [2.75, 3.05) is 18.0 Å². The molecular weight excluding hydrogens is 232 g/mol. The summed E-state index contributed by atoms with van der Waals surface area (Å²) in [7, 11) is 0. The van der Waals surface area contributed by atoms with Gasteiger partial charge in [0.15, 0.2) is 5.58 Å². The van der Waals surface area contributed by atoms with E-state index in [0.717, 1.165) is 11.1 Å². The van der Waals surface area contributed by atoms with E-state index in [0.29, 0.717) is 19.1 Å². The Hall–Kier alpha value is -2.04. The molecule has 18 heavy (non-hydrogen) atoms. The molecule has 2 heterocycles. The lowest BCUT2D eigenvalue weighted by Crippen LogP contribution is -2.23. The summed E-state index contributed by atoms with van der Waals surface area (Å²) < 4.78 is 5.65. The van der Waals surface area contributed by atoms with E-state index in [-0.39, 0.29) is 11.8 Å². The highest BCUT2D eigenvalue weighted by atomic mass is 16.4. The van der Waals surface area contributed by atoms with E-state index in [1.54, 1.807) is 0 Å². The van der Waals surface area contributed by atoms with Crippen LogP contribution in [0.3, 0.4) is 0 Å². The van der Waals surface area contributed by atoms with Crippen LogP contribution in [-0.2, 0) is 4.79 Å². The number of aromatic nitrogens is 1. The van der Waals surface area contributed by atoms with Gasteiger partial charge in [0.2, 0.25) is 0 Å². The zero-order chi connectivity index (χ0) is 12.7. The predicted octanol–water partition coefficient (Wildman–Crippen LogP) is 1.98. The molecule has 1 fully saturated rings. The minimum Gasteiger partial charge on any atom is -0.481 e. The van der Waals surface area contributed by atoms with Crippen molar-refractivity contribution in [3.05, 3.63) is 24.3 Å². The van der Waals surface area contributed by atoms with Crippen molar-refractivity contribution >= 4 is 23.1 Å². The predicted molar refractivity (Wildman–Crippen MR) is 66.5 cm³/mol. The molecule has 1 aliphatic heterocycles.